The molecule has 10 nitrogen and oxygen atoms in total. The quantitative estimate of drug-likeness (QED) is 0.314. The Morgan fingerprint density at radius 3 is 2.84 bits per heavy atom. The number of aromatic nitrogens is 2. The summed E-state index contributed by atoms with van der Waals surface area (Å²) in [5.41, 5.74) is 3.90. The molecule has 138 valence electrons. The van der Waals surface area contributed by atoms with Gasteiger partial charge in [-0.25, -0.2) is 4.79 Å². The fourth-order valence-corrected chi connectivity index (χ4v) is 2.45. The molecule has 0 saturated carbocycles. The molecule has 0 spiro atoms. The molecule has 25 heavy (non-hydrogen) atoms. The second-order valence-electron chi connectivity index (χ2n) is 5.28. The van der Waals surface area contributed by atoms with Crippen molar-refractivity contribution >= 4 is 0 Å². The van der Waals surface area contributed by atoms with Gasteiger partial charge < -0.3 is 30.2 Å². The summed E-state index contributed by atoms with van der Waals surface area (Å²) in [5, 5.41) is 19.6. The first kappa shape index (κ1) is 19.3. The summed E-state index contributed by atoms with van der Waals surface area (Å²) >= 11 is 0. The van der Waals surface area contributed by atoms with Crippen molar-refractivity contribution in [2.24, 2.45) is 5.73 Å². The predicted molar refractivity (Wildman–Crippen MR) is 85.9 cm³/mol. The standard InChI is InChI=1S/C15H21N3O7/c1-23-5-6-24-12-11(20)10(8-19)25-14(12)18-7-9(3-2-4-16)13(21)17-15(18)22/h7,10-12,14,19-20H,4-6,8,16H2,1H3,(H,17,21,22)/t10-,11-,12-,14-/m1/s1. The molecule has 5 N–H and O–H groups in total. The fourth-order valence-electron chi connectivity index (χ4n) is 2.45. The molecule has 0 unspecified atom stereocenters. The highest BCUT2D eigenvalue weighted by Crippen LogP contribution is 2.30. The molecule has 1 aliphatic rings. The van der Waals surface area contributed by atoms with E-state index in [0.717, 1.165) is 4.57 Å². The number of hydrogen-bond donors (Lipinski definition) is 4. The molecule has 0 radical (unpaired) electrons. The van der Waals surface area contributed by atoms with E-state index in [1.54, 1.807) is 0 Å². The van der Waals surface area contributed by atoms with Crippen LogP contribution in [0.5, 0.6) is 0 Å². The maximum Gasteiger partial charge on any atom is 0.330 e. The third kappa shape index (κ3) is 4.35. The lowest BCUT2D eigenvalue weighted by molar-refractivity contribution is -0.0819. The SMILES string of the molecule is COCCO[C@@H]1[C@H](O)[C@@H](CO)O[C@H]1n1cc(C#CCN)c(=O)[nH]c1=O. The van der Waals surface area contributed by atoms with Crippen molar-refractivity contribution in [3.8, 4) is 11.8 Å². The molecule has 0 amide bonds. The van der Waals surface area contributed by atoms with Crippen molar-refractivity contribution in [1.82, 2.24) is 9.55 Å². The van der Waals surface area contributed by atoms with Crippen molar-refractivity contribution < 1.29 is 24.4 Å². The van der Waals surface area contributed by atoms with Crippen LogP contribution in [0.4, 0.5) is 0 Å². The maximum absolute atomic E-state index is 12.2. The molecule has 2 heterocycles. The van der Waals surface area contributed by atoms with E-state index in [4.69, 9.17) is 19.9 Å². The van der Waals surface area contributed by atoms with E-state index in [0.29, 0.717) is 0 Å². The summed E-state index contributed by atoms with van der Waals surface area (Å²) in [7, 11) is 1.49. The molecule has 2 rings (SSSR count). The van der Waals surface area contributed by atoms with E-state index in [-0.39, 0.29) is 25.3 Å². The maximum atomic E-state index is 12.2. The molecular weight excluding hydrogens is 334 g/mol. The molecule has 1 saturated heterocycles. The van der Waals surface area contributed by atoms with Crippen LogP contribution in [0, 0.1) is 11.8 Å². The lowest BCUT2D eigenvalue weighted by atomic mass is 10.1. The third-order valence-corrected chi connectivity index (χ3v) is 3.66. The van der Waals surface area contributed by atoms with Gasteiger partial charge in [-0.15, -0.1) is 0 Å². The Balaban J connectivity index is 2.39. The van der Waals surface area contributed by atoms with Crippen molar-refractivity contribution in [3.63, 3.8) is 0 Å². The zero-order valence-electron chi connectivity index (χ0n) is 13.7. The number of hydrogen-bond acceptors (Lipinski definition) is 8. The van der Waals surface area contributed by atoms with Crippen molar-refractivity contribution in [3.05, 3.63) is 32.6 Å². The van der Waals surface area contributed by atoms with Gasteiger partial charge >= 0.3 is 5.69 Å². The molecule has 1 aromatic heterocycles. The van der Waals surface area contributed by atoms with Crippen LogP contribution < -0.4 is 17.0 Å². The lowest BCUT2D eigenvalue weighted by Crippen LogP contribution is -2.40. The van der Waals surface area contributed by atoms with Gasteiger partial charge in [0.25, 0.3) is 5.56 Å². The van der Waals surface area contributed by atoms with E-state index >= 15 is 0 Å². The number of aliphatic hydroxyl groups excluding tert-OH is 2. The van der Waals surface area contributed by atoms with Gasteiger partial charge in [0.2, 0.25) is 0 Å². The lowest BCUT2D eigenvalue weighted by Gasteiger charge is -2.22. The molecular formula is C15H21N3O7. The van der Waals surface area contributed by atoms with Crippen LogP contribution in [0.2, 0.25) is 0 Å². The monoisotopic (exact) mass is 355 g/mol. The van der Waals surface area contributed by atoms with Gasteiger partial charge in [-0.2, -0.15) is 0 Å². The Kier molecular flexibility index (Phi) is 6.89. The topological polar surface area (TPSA) is 149 Å². The molecule has 10 heteroatoms. The van der Waals surface area contributed by atoms with Crippen LogP contribution in [0.3, 0.4) is 0 Å². The Hall–Kier alpha value is -2.00. The first-order valence-corrected chi connectivity index (χ1v) is 7.62. The highest BCUT2D eigenvalue weighted by molar-refractivity contribution is 5.30. The zero-order chi connectivity index (χ0) is 18.4. The number of nitrogens with two attached hydrogens (primary N) is 1. The van der Waals surface area contributed by atoms with Crippen LogP contribution >= 0.6 is 0 Å². The highest BCUT2D eigenvalue weighted by Gasteiger charge is 2.45. The number of nitrogens with zero attached hydrogens (tertiary/aromatic N) is 1. The summed E-state index contributed by atoms with van der Waals surface area (Å²) in [6.07, 6.45) is -2.87. The first-order chi connectivity index (χ1) is 12.0. The number of aliphatic hydroxyl groups is 2. The van der Waals surface area contributed by atoms with Crippen LogP contribution in [0.25, 0.3) is 0 Å². The van der Waals surface area contributed by atoms with Gasteiger partial charge in [0, 0.05) is 13.3 Å². The van der Waals surface area contributed by atoms with Crippen molar-refractivity contribution in [2.45, 2.75) is 24.5 Å². The number of methoxy groups -OCH3 is 1. The average Bonchev–Trinajstić information content (AvgIpc) is 2.90. The smallest absolute Gasteiger partial charge is 0.330 e. The minimum Gasteiger partial charge on any atom is -0.394 e. The highest BCUT2D eigenvalue weighted by atomic mass is 16.6. The van der Waals surface area contributed by atoms with Gasteiger partial charge in [0.15, 0.2) is 6.23 Å². The van der Waals surface area contributed by atoms with Gasteiger partial charge in [0.1, 0.15) is 23.9 Å². The Morgan fingerprint density at radius 2 is 2.20 bits per heavy atom. The second-order valence-corrected chi connectivity index (χ2v) is 5.28. The van der Waals surface area contributed by atoms with Crippen LogP contribution in [0.15, 0.2) is 15.8 Å². The molecule has 1 aliphatic heterocycles. The van der Waals surface area contributed by atoms with Gasteiger partial charge in [-0.1, -0.05) is 11.8 Å². The van der Waals surface area contributed by atoms with E-state index < -0.39 is 42.4 Å². The largest absolute Gasteiger partial charge is 0.394 e. The second kappa shape index (κ2) is 8.91. The van der Waals surface area contributed by atoms with Crippen LogP contribution in [0.1, 0.15) is 11.8 Å². The van der Waals surface area contributed by atoms with Crippen molar-refractivity contribution in [1.29, 1.82) is 0 Å². The summed E-state index contributed by atoms with van der Waals surface area (Å²) in [6, 6.07) is 0. The Bertz CT molecular complexity index is 748. The molecule has 1 aromatic rings. The molecule has 4 atom stereocenters. The van der Waals surface area contributed by atoms with Gasteiger partial charge in [0.05, 0.1) is 26.4 Å². The zero-order valence-corrected chi connectivity index (χ0v) is 13.7. The van der Waals surface area contributed by atoms with Gasteiger partial charge in [-0.3, -0.25) is 14.3 Å². The number of H-pyrrole nitrogens is 1. The Labute approximate surface area is 143 Å². The molecule has 1 fully saturated rings. The number of ether oxygens (including phenoxy) is 3. The van der Waals surface area contributed by atoms with Gasteiger partial charge in [-0.05, 0) is 0 Å². The summed E-state index contributed by atoms with van der Waals surface area (Å²) in [6.45, 7) is 0.00789. The number of rotatable bonds is 6. The average molecular weight is 355 g/mol. The van der Waals surface area contributed by atoms with E-state index in [1.807, 2.05) is 0 Å². The van der Waals surface area contributed by atoms with Crippen LogP contribution in [-0.2, 0) is 14.2 Å². The third-order valence-electron chi connectivity index (χ3n) is 3.66. The van der Waals surface area contributed by atoms with Crippen molar-refractivity contribution in [2.75, 3.05) is 33.5 Å². The number of aromatic amines is 1. The van der Waals surface area contributed by atoms with E-state index in [2.05, 4.69) is 16.8 Å². The fraction of sp³-hybridized carbons (Fsp3) is 0.600. The van der Waals surface area contributed by atoms with Crippen LogP contribution in [-0.4, -0.2) is 71.6 Å². The first-order valence-electron chi connectivity index (χ1n) is 7.62. The number of nitrogens with one attached hydrogen (secondary N) is 1. The summed E-state index contributed by atoms with van der Waals surface area (Å²) < 4.78 is 17.0. The summed E-state index contributed by atoms with van der Waals surface area (Å²) in [5.74, 6) is 5.09. The minimum absolute atomic E-state index is 0.0197. The predicted octanol–water partition coefficient (Wildman–Crippen LogP) is -2.87. The normalized spacial score (nSPS) is 25.6. The minimum atomic E-state index is -1.16. The molecule has 0 bridgehead atoms. The van der Waals surface area contributed by atoms with E-state index in [9.17, 15) is 19.8 Å². The Morgan fingerprint density at radius 1 is 1.44 bits per heavy atom. The summed E-state index contributed by atoms with van der Waals surface area (Å²) in [4.78, 5) is 26.1. The van der Waals surface area contributed by atoms with E-state index in [1.165, 1.54) is 13.3 Å². The molecule has 0 aromatic carbocycles. The molecule has 0 aliphatic carbocycles.